The molecule has 0 aliphatic carbocycles. The fourth-order valence-electron chi connectivity index (χ4n) is 1.75. The van der Waals surface area contributed by atoms with E-state index in [-0.39, 0.29) is 5.56 Å². The Hall–Kier alpha value is -2.87. The zero-order valence-electron chi connectivity index (χ0n) is 11.9. The Morgan fingerprint density at radius 3 is 1.87 bits per heavy atom. The molecule has 0 heterocycles. The van der Waals surface area contributed by atoms with E-state index in [0.29, 0.717) is 5.56 Å². The molecule has 0 N–H and O–H groups in total. The van der Waals surface area contributed by atoms with E-state index >= 15 is 0 Å². The molecule has 2 aromatic carbocycles. The lowest BCUT2D eigenvalue weighted by atomic mass is 10.0. The fraction of sp³-hybridized carbons (Fsp3) is 0.111. The van der Waals surface area contributed by atoms with Crippen LogP contribution in [0.1, 0.15) is 27.9 Å². The van der Waals surface area contributed by atoms with E-state index in [1.54, 1.807) is 0 Å². The van der Waals surface area contributed by atoms with Gasteiger partial charge in [0.1, 0.15) is 0 Å². The lowest BCUT2D eigenvalue weighted by Gasteiger charge is -2.04. The van der Waals surface area contributed by atoms with Crippen molar-refractivity contribution in [3.05, 3.63) is 71.3 Å². The molecule has 5 heteroatoms. The van der Waals surface area contributed by atoms with E-state index in [0.717, 1.165) is 5.56 Å². The highest BCUT2D eigenvalue weighted by atomic mass is 19.4. The predicted molar refractivity (Wildman–Crippen MR) is 78.9 cm³/mol. The van der Waals surface area contributed by atoms with Gasteiger partial charge in [-0.1, -0.05) is 42.2 Å². The molecular weight excluding hydrogens is 305 g/mol. The topological polar surface area (TPSA) is 34.1 Å². The highest BCUT2D eigenvalue weighted by molar-refractivity contribution is 6.09. The molecule has 0 aliphatic rings. The van der Waals surface area contributed by atoms with Crippen molar-refractivity contribution < 1.29 is 22.8 Å². The van der Waals surface area contributed by atoms with Gasteiger partial charge in [-0.3, -0.25) is 9.59 Å². The predicted octanol–water partition coefficient (Wildman–Crippen LogP) is 3.79. The number of rotatable bonds is 3. The number of hydrogen-bond acceptors (Lipinski definition) is 2. The lowest BCUT2D eigenvalue weighted by molar-refractivity contribution is -0.170. The minimum atomic E-state index is -4.99. The molecule has 0 saturated heterocycles. The van der Waals surface area contributed by atoms with Crippen LogP contribution in [-0.4, -0.2) is 17.7 Å². The average Bonchev–Trinajstić information content (AvgIpc) is 2.53. The average molecular weight is 316 g/mol. The van der Waals surface area contributed by atoms with Crippen molar-refractivity contribution in [2.75, 3.05) is 0 Å². The summed E-state index contributed by atoms with van der Waals surface area (Å²) in [6.45, 7) is 0. The molecule has 23 heavy (non-hydrogen) atoms. The highest BCUT2D eigenvalue weighted by Gasteiger charge is 2.39. The zero-order valence-corrected chi connectivity index (χ0v) is 11.9. The molecular formula is C18H11F3O2. The van der Waals surface area contributed by atoms with Crippen LogP contribution in [0.5, 0.6) is 0 Å². The highest BCUT2D eigenvalue weighted by Crippen LogP contribution is 2.19. The van der Waals surface area contributed by atoms with Gasteiger partial charge in [0.05, 0.1) is 6.42 Å². The molecule has 0 radical (unpaired) electrons. The van der Waals surface area contributed by atoms with Crippen molar-refractivity contribution in [2.24, 2.45) is 0 Å². The molecule has 0 amide bonds. The van der Waals surface area contributed by atoms with Gasteiger partial charge in [-0.05, 0) is 24.3 Å². The molecule has 0 fully saturated rings. The molecule has 0 spiro atoms. The summed E-state index contributed by atoms with van der Waals surface area (Å²) in [5.41, 5.74) is 1.49. The van der Waals surface area contributed by atoms with Gasteiger partial charge in [0.2, 0.25) is 5.78 Å². The van der Waals surface area contributed by atoms with Crippen LogP contribution in [0.25, 0.3) is 0 Å². The first-order chi connectivity index (χ1) is 10.9. The first-order valence-electron chi connectivity index (χ1n) is 6.66. The smallest absolute Gasteiger partial charge is 0.294 e. The Labute approximate surface area is 130 Å². The van der Waals surface area contributed by atoms with Gasteiger partial charge >= 0.3 is 6.18 Å². The first kappa shape index (κ1) is 16.5. The van der Waals surface area contributed by atoms with E-state index in [4.69, 9.17) is 0 Å². The summed E-state index contributed by atoms with van der Waals surface area (Å²) in [6, 6.07) is 15.0. The molecule has 2 nitrogen and oxygen atoms in total. The molecule has 0 atom stereocenters. The third kappa shape index (κ3) is 4.82. The van der Waals surface area contributed by atoms with Crippen LogP contribution >= 0.6 is 0 Å². The number of ketones is 2. The number of Topliss-reactive ketones (excluding diaryl/α,β-unsaturated/α-hetero) is 2. The Balaban J connectivity index is 2.07. The summed E-state index contributed by atoms with van der Waals surface area (Å²) in [5, 5.41) is 0. The third-order valence-electron chi connectivity index (χ3n) is 2.97. The number of carbonyl (C=O) groups excluding carboxylic acids is 2. The van der Waals surface area contributed by atoms with Gasteiger partial charge in [0, 0.05) is 16.7 Å². The molecule has 0 unspecified atom stereocenters. The molecule has 2 aromatic rings. The van der Waals surface area contributed by atoms with Crippen molar-refractivity contribution >= 4 is 11.6 Å². The van der Waals surface area contributed by atoms with Gasteiger partial charge in [-0.25, -0.2) is 0 Å². The van der Waals surface area contributed by atoms with E-state index in [9.17, 15) is 22.8 Å². The Morgan fingerprint density at radius 1 is 0.826 bits per heavy atom. The van der Waals surface area contributed by atoms with E-state index < -0.39 is 24.2 Å². The van der Waals surface area contributed by atoms with Gasteiger partial charge in [-0.2, -0.15) is 13.2 Å². The van der Waals surface area contributed by atoms with Gasteiger partial charge in [0.25, 0.3) is 0 Å². The van der Waals surface area contributed by atoms with Crippen LogP contribution in [0, 0.1) is 11.8 Å². The van der Waals surface area contributed by atoms with Crippen molar-refractivity contribution in [1.29, 1.82) is 0 Å². The number of benzene rings is 2. The van der Waals surface area contributed by atoms with Gasteiger partial charge < -0.3 is 0 Å². The summed E-state index contributed by atoms with van der Waals surface area (Å²) >= 11 is 0. The SMILES string of the molecule is O=C(CC(=O)C(F)(F)F)c1ccc(C#Cc2ccccc2)cc1. The summed E-state index contributed by atoms with van der Waals surface area (Å²) in [4.78, 5) is 22.4. The summed E-state index contributed by atoms with van der Waals surface area (Å²) < 4.78 is 36.4. The number of halogens is 3. The third-order valence-corrected chi connectivity index (χ3v) is 2.97. The summed E-state index contributed by atoms with van der Waals surface area (Å²) in [7, 11) is 0. The monoisotopic (exact) mass is 316 g/mol. The van der Waals surface area contributed by atoms with Crippen molar-refractivity contribution in [3.8, 4) is 11.8 Å². The Kier molecular flexibility index (Phi) is 4.97. The maximum absolute atomic E-state index is 12.1. The van der Waals surface area contributed by atoms with Gasteiger partial charge in [0.15, 0.2) is 5.78 Å². The zero-order chi connectivity index (χ0) is 16.9. The fourth-order valence-corrected chi connectivity index (χ4v) is 1.75. The van der Waals surface area contributed by atoms with Crippen molar-refractivity contribution in [1.82, 2.24) is 0 Å². The van der Waals surface area contributed by atoms with Crippen LogP contribution in [-0.2, 0) is 4.79 Å². The largest absolute Gasteiger partial charge is 0.450 e. The molecule has 0 aromatic heterocycles. The summed E-state index contributed by atoms with van der Waals surface area (Å²) in [6.07, 6.45) is -6.17. The number of hydrogen-bond donors (Lipinski definition) is 0. The van der Waals surface area contributed by atoms with Crippen LogP contribution in [0.3, 0.4) is 0 Å². The van der Waals surface area contributed by atoms with Crippen LogP contribution in [0.4, 0.5) is 13.2 Å². The second-order valence-electron chi connectivity index (χ2n) is 4.71. The molecule has 2 rings (SSSR count). The molecule has 116 valence electrons. The standard InChI is InChI=1S/C18H11F3O2/c19-18(20,21)17(23)12-16(22)15-10-8-14(9-11-15)7-6-13-4-2-1-3-5-13/h1-5,8-11H,12H2. The Morgan fingerprint density at radius 2 is 1.35 bits per heavy atom. The maximum Gasteiger partial charge on any atom is 0.450 e. The minimum Gasteiger partial charge on any atom is -0.294 e. The van der Waals surface area contributed by atoms with Crippen LogP contribution in [0.15, 0.2) is 54.6 Å². The molecule has 0 bridgehead atoms. The number of carbonyl (C=O) groups is 2. The lowest BCUT2D eigenvalue weighted by Crippen LogP contribution is -2.25. The summed E-state index contributed by atoms with van der Waals surface area (Å²) in [5.74, 6) is 2.90. The maximum atomic E-state index is 12.1. The van der Waals surface area contributed by atoms with E-state index in [2.05, 4.69) is 11.8 Å². The Bertz CT molecular complexity index is 764. The molecule has 0 saturated carbocycles. The van der Waals surface area contributed by atoms with E-state index in [1.165, 1.54) is 24.3 Å². The number of alkyl halides is 3. The van der Waals surface area contributed by atoms with Crippen molar-refractivity contribution in [2.45, 2.75) is 12.6 Å². The van der Waals surface area contributed by atoms with Crippen LogP contribution < -0.4 is 0 Å². The normalized spacial score (nSPS) is 10.6. The first-order valence-corrected chi connectivity index (χ1v) is 6.66. The van der Waals surface area contributed by atoms with Crippen molar-refractivity contribution in [3.63, 3.8) is 0 Å². The quantitative estimate of drug-likeness (QED) is 0.490. The second-order valence-corrected chi connectivity index (χ2v) is 4.71. The van der Waals surface area contributed by atoms with Crippen LogP contribution in [0.2, 0.25) is 0 Å². The van der Waals surface area contributed by atoms with Gasteiger partial charge in [-0.15, -0.1) is 0 Å². The second kappa shape index (κ2) is 6.93. The minimum absolute atomic E-state index is 0.0489. The molecule has 0 aliphatic heterocycles. The van der Waals surface area contributed by atoms with E-state index in [1.807, 2.05) is 30.3 Å².